The number of ether oxygens (including phenoxy) is 1. The van der Waals surface area contributed by atoms with Crippen LogP contribution in [0.3, 0.4) is 0 Å². The van der Waals surface area contributed by atoms with E-state index in [1.807, 2.05) is 11.4 Å². The summed E-state index contributed by atoms with van der Waals surface area (Å²) in [5.74, 6) is -5.48. The molecule has 226 valence electrons. The quantitative estimate of drug-likeness (QED) is 0.230. The number of fused-ring (bicyclic) bond motifs is 1. The molecule has 0 spiro atoms. The van der Waals surface area contributed by atoms with Crippen molar-refractivity contribution in [3.63, 3.8) is 0 Å². The molecule has 7 nitrogen and oxygen atoms in total. The van der Waals surface area contributed by atoms with Crippen molar-refractivity contribution in [1.82, 2.24) is 5.32 Å². The first-order chi connectivity index (χ1) is 20.2. The molecule has 4 rings (SSSR count). The Labute approximate surface area is 252 Å². The van der Waals surface area contributed by atoms with Gasteiger partial charge in [0.1, 0.15) is 35.0 Å². The topological polar surface area (TPSA) is 111 Å². The van der Waals surface area contributed by atoms with E-state index in [0.717, 1.165) is 6.92 Å². The van der Waals surface area contributed by atoms with Crippen LogP contribution in [0.2, 0.25) is 10.0 Å². The van der Waals surface area contributed by atoms with E-state index >= 15 is 0 Å². The Morgan fingerprint density at radius 3 is 2.30 bits per heavy atom. The maximum atomic E-state index is 14.7. The van der Waals surface area contributed by atoms with Crippen LogP contribution in [-0.4, -0.2) is 41.8 Å². The highest BCUT2D eigenvalue weighted by Gasteiger charge is 2.36. The summed E-state index contributed by atoms with van der Waals surface area (Å²) in [6.07, 6.45) is -3.93. The van der Waals surface area contributed by atoms with Gasteiger partial charge in [0, 0.05) is 23.2 Å². The monoisotopic (exact) mass is 641 g/mol. The fourth-order valence-electron chi connectivity index (χ4n) is 4.67. The summed E-state index contributed by atoms with van der Waals surface area (Å²) in [5.41, 5.74) is 0.540. The first-order valence-corrected chi connectivity index (χ1v) is 13.5. The van der Waals surface area contributed by atoms with Gasteiger partial charge in [-0.05, 0) is 55.2 Å². The lowest BCUT2D eigenvalue weighted by atomic mass is 9.90. The molecule has 2 atom stereocenters. The van der Waals surface area contributed by atoms with Crippen molar-refractivity contribution in [1.29, 1.82) is 5.26 Å². The fraction of sp³-hybridized carbons (Fsp3) is 0.276. The minimum absolute atomic E-state index is 0.196. The van der Waals surface area contributed by atoms with Gasteiger partial charge in [0.2, 0.25) is 0 Å². The second-order valence-electron chi connectivity index (χ2n) is 9.75. The van der Waals surface area contributed by atoms with Gasteiger partial charge in [-0.1, -0.05) is 35.3 Å². The lowest BCUT2D eigenvalue weighted by Gasteiger charge is -2.25. The van der Waals surface area contributed by atoms with Crippen LogP contribution >= 0.6 is 23.2 Å². The maximum absolute atomic E-state index is 14.7. The molecule has 43 heavy (non-hydrogen) atoms. The van der Waals surface area contributed by atoms with Gasteiger partial charge in [-0.15, -0.1) is 0 Å². The first-order valence-electron chi connectivity index (χ1n) is 12.7. The molecule has 1 amide bonds. The van der Waals surface area contributed by atoms with Crippen LogP contribution in [0.15, 0.2) is 36.4 Å². The lowest BCUT2D eigenvalue weighted by molar-refractivity contribution is -0.139. The van der Waals surface area contributed by atoms with Gasteiger partial charge < -0.3 is 20.5 Å². The molecule has 0 aromatic heterocycles. The van der Waals surface area contributed by atoms with Crippen LogP contribution < -0.4 is 15.4 Å². The summed E-state index contributed by atoms with van der Waals surface area (Å²) in [6.45, 7) is 1.09. The van der Waals surface area contributed by atoms with E-state index in [1.165, 1.54) is 12.1 Å². The molecule has 3 N–H and O–H groups in total. The van der Waals surface area contributed by atoms with Crippen LogP contribution in [-0.2, 0) is 17.6 Å². The molecule has 0 saturated carbocycles. The molecular formula is C29H22Cl2F5N3O4. The summed E-state index contributed by atoms with van der Waals surface area (Å²) in [6, 6.07) is 5.30. The van der Waals surface area contributed by atoms with Crippen molar-refractivity contribution in [2.75, 3.05) is 11.9 Å². The van der Waals surface area contributed by atoms with Crippen molar-refractivity contribution in [2.24, 2.45) is 0 Å². The Bertz CT molecular complexity index is 1600. The standard InChI is InChI=1S/C29H22Cl2F5N3O4/c1-13(29(34,35)36)38-16-10-21(32)25(22(33)11-16)27(40)39-23(28(41)42)9-15-4-5-18(26-17(15)3-2-6-43-26)24-19(30)7-14(12-37)8-20(24)31/h4-5,7-8,10-11,13,23,38H,2-3,6,9H2,1H3,(H,39,40)(H,41,42)/t13-,23+/m1/s1. The number of carbonyl (C=O) groups is 2. The van der Waals surface area contributed by atoms with Gasteiger partial charge in [-0.2, -0.15) is 18.4 Å². The van der Waals surface area contributed by atoms with E-state index in [9.17, 15) is 41.9 Å². The molecule has 0 fully saturated rings. The number of nitrogens with zero attached hydrogens (tertiary/aromatic N) is 1. The summed E-state index contributed by atoms with van der Waals surface area (Å²) >= 11 is 12.8. The predicted octanol–water partition coefficient (Wildman–Crippen LogP) is 6.92. The van der Waals surface area contributed by atoms with E-state index in [4.69, 9.17) is 27.9 Å². The molecule has 0 unspecified atom stereocenters. The van der Waals surface area contributed by atoms with Crippen molar-refractivity contribution in [3.05, 3.63) is 80.3 Å². The number of nitriles is 1. The molecule has 0 bridgehead atoms. The zero-order valence-corrected chi connectivity index (χ0v) is 23.7. The van der Waals surface area contributed by atoms with E-state index in [1.54, 1.807) is 12.1 Å². The van der Waals surface area contributed by atoms with Gasteiger partial charge in [0.15, 0.2) is 0 Å². The molecule has 0 saturated heterocycles. The number of alkyl halides is 3. The van der Waals surface area contributed by atoms with E-state index in [-0.39, 0.29) is 22.0 Å². The highest BCUT2D eigenvalue weighted by Crippen LogP contribution is 2.44. The van der Waals surface area contributed by atoms with Crippen LogP contribution in [0.5, 0.6) is 5.75 Å². The summed E-state index contributed by atoms with van der Waals surface area (Å²) in [4.78, 5) is 24.9. The number of nitrogens with one attached hydrogen (secondary N) is 2. The maximum Gasteiger partial charge on any atom is 0.408 e. The van der Waals surface area contributed by atoms with Crippen LogP contribution in [0.4, 0.5) is 27.6 Å². The number of aliphatic carboxylic acids is 1. The van der Waals surface area contributed by atoms with Crippen molar-refractivity contribution in [2.45, 2.75) is 44.4 Å². The molecule has 1 aliphatic rings. The highest BCUT2D eigenvalue weighted by atomic mass is 35.5. The third-order valence-electron chi connectivity index (χ3n) is 6.79. The lowest BCUT2D eigenvalue weighted by Crippen LogP contribution is -2.43. The second kappa shape index (κ2) is 12.7. The number of amides is 1. The molecule has 3 aromatic carbocycles. The van der Waals surface area contributed by atoms with E-state index in [2.05, 4.69) is 5.32 Å². The average Bonchev–Trinajstić information content (AvgIpc) is 2.92. The zero-order valence-electron chi connectivity index (χ0n) is 22.2. The van der Waals surface area contributed by atoms with Gasteiger partial charge in [0.05, 0.1) is 28.3 Å². The molecular weight excluding hydrogens is 620 g/mol. The number of halogens is 7. The zero-order chi connectivity index (χ0) is 31.6. The number of hydrogen-bond acceptors (Lipinski definition) is 5. The molecule has 3 aromatic rings. The molecule has 1 aliphatic heterocycles. The van der Waals surface area contributed by atoms with Crippen LogP contribution in [0, 0.1) is 23.0 Å². The Morgan fingerprint density at radius 2 is 1.74 bits per heavy atom. The van der Waals surface area contributed by atoms with Gasteiger partial charge in [0.25, 0.3) is 5.91 Å². The number of carboxylic acids is 1. The summed E-state index contributed by atoms with van der Waals surface area (Å²) < 4.78 is 73.8. The number of anilines is 1. The number of carboxylic acid groups (broad SMARTS) is 1. The van der Waals surface area contributed by atoms with Gasteiger partial charge in [-0.25, -0.2) is 13.6 Å². The largest absolute Gasteiger partial charge is 0.493 e. The Balaban J connectivity index is 1.62. The average molecular weight is 642 g/mol. The van der Waals surface area contributed by atoms with E-state index < -0.39 is 53.0 Å². The fourth-order valence-corrected chi connectivity index (χ4v) is 5.36. The number of benzene rings is 3. The van der Waals surface area contributed by atoms with Crippen molar-refractivity contribution < 1.29 is 41.4 Å². The number of hydrogen-bond donors (Lipinski definition) is 3. The Kier molecular flexibility index (Phi) is 9.37. The summed E-state index contributed by atoms with van der Waals surface area (Å²) in [5, 5.41) is 23.4. The molecule has 0 aliphatic carbocycles. The van der Waals surface area contributed by atoms with Crippen LogP contribution in [0.25, 0.3) is 11.1 Å². The number of carbonyl (C=O) groups excluding carboxylic acids is 1. The molecule has 1 heterocycles. The SMILES string of the molecule is C[C@@H](Nc1cc(F)c(C(=O)N[C@@H](Cc2ccc(-c3c(Cl)cc(C#N)cc3Cl)c3c2CCCO3)C(=O)O)c(F)c1)C(F)(F)F. The third kappa shape index (κ3) is 6.95. The van der Waals surface area contributed by atoms with Crippen LogP contribution in [0.1, 0.15) is 40.4 Å². The third-order valence-corrected chi connectivity index (χ3v) is 7.38. The Morgan fingerprint density at radius 1 is 1.12 bits per heavy atom. The number of rotatable bonds is 8. The predicted molar refractivity (Wildman–Crippen MR) is 149 cm³/mol. The minimum atomic E-state index is -4.69. The molecule has 14 heteroatoms. The summed E-state index contributed by atoms with van der Waals surface area (Å²) in [7, 11) is 0. The second-order valence-corrected chi connectivity index (χ2v) is 10.6. The Hall–Kier alpha value is -4.08. The molecule has 0 radical (unpaired) electrons. The highest BCUT2D eigenvalue weighted by molar-refractivity contribution is 6.39. The van der Waals surface area contributed by atoms with Crippen molar-refractivity contribution >= 4 is 40.8 Å². The minimum Gasteiger partial charge on any atom is -0.493 e. The smallest absolute Gasteiger partial charge is 0.408 e. The van der Waals surface area contributed by atoms with Gasteiger partial charge in [-0.3, -0.25) is 4.79 Å². The first kappa shape index (κ1) is 31.8. The normalized spacial score (nSPS) is 14.1. The van der Waals surface area contributed by atoms with Crippen molar-refractivity contribution in [3.8, 4) is 22.9 Å². The van der Waals surface area contributed by atoms with Gasteiger partial charge >= 0.3 is 12.1 Å². The van der Waals surface area contributed by atoms with E-state index in [0.29, 0.717) is 59.6 Å².